The zero-order valence-corrected chi connectivity index (χ0v) is 17.5. The van der Waals surface area contributed by atoms with Gasteiger partial charge in [0.1, 0.15) is 10.6 Å². The average molecular weight is 414 g/mol. The maximum atomic E-state index is 12.6. The second-order valence-corrected chi connectivity index (χ2v) is 7.38. The van der Waals surface area contributed by atoms with Crippen molar-refractivity contribution >= 4 is 33.4 Å². The van der Waals surface area contributed by atoms with Crippen LogP contribution in [0, 0.1) is 0 Å². The normalized spacial score (nSPS) is 11.7. The Hall–Kier alpha value is -3.13. The number of esters is 1. The molecular formula is C21H22N2O5S. The number of nitrogens with zero attached hydrogens (tertiary/aromatic N) is 2. The van der Waals surface area contributed by atoms with Crippen molar-refractivity contribution in [3.8, 4) is 11.5 Å². The molecule has 29 heavy (non-hydrogen) atoms. The predicted molar refractivity (Wildman–Crippen MR) is 111 cm³/mol. The summed E-state index contributed by atoms with van der Waals surface area (Å²) in [6, 6.07) is 12.5. The van der Waals surface area contributed by atoms with Gasteiger partial charge in [-0.05, 0) is 31.2 Å². The number of aromatic nitrogens is 1. The molecule has 0 bridgehead atoms. The van der Waals surface area contributed by atoms with E-state index in [-0.39, 0.29) is 29.9 Å². The zero-order valence-electron chi connectivity index (χ0n) is 16.7. The summed E-state index contributed by atoms with van der Waals surface area (Å²) in [5, 5.41) is 0.822. The van der Waals surface area contributed by atoms with E-state index in [0.29, 0.717) is 5.75 Å². The molecule has 1 atom stereocenters. The third-order valence-electron chi connectivity index (χ3n) is 4.59. The highest BCUT2D eigenvalue weighted by molar-refractivity contribution is 7.18. The molecule has 1 aromatic heterocycles. The van der Waals surface area contributed by atoms with Gasteiger partial charge in [-0.3, -0.25) is 4.79 Å². The number of benzene rings is 2. The van der Waals surface area contributed by atoms with Gasteiger partial charge in [0.25, 0.3) is 5.91 Å². The van der Waals surface area contributed by atoms with Crippen LogP contribution in [0.5, 0.6) is 11.5 Å². The number of rotatable bonds is 7. The smallest absolute Gasteiger partial charge is 0.342 e. The zero-order chi connectivity index (χ0) is 21.0. The highest BCUT2D eigenvalue weighted by Gasteiger charge is 2.23. The van der Waals surface area contributed by atoms with E-state index in [4.69, 9.17) is 14.2 Å². The number of methoxy groups -OCH3 is 2. The molecule has 8 heteroatoms. The minimum absolute atomic E-state index is 0.196. The van der Waals surface area contributed by atoms with Crippen molar-refractivity contribution in [2.75, 3.05) is 27.9 Å². The Morgan fingerprint density at radius 2 is 1.86 bits per heavy atom. The van der Waals surface area contributed by atoms with Gasteiger partial charge in [0.15, 0.2) is 18.1 Å². The number of hydrogen-bond acceptors (Lipinski definition) is 7. The fraction of sp³-hybridized carbons (Fsp3) is 0.286. The second kappa shape index (κ2) is 8.91. The van der Waals surface area contributed by atoms with Crippen LogP contribution in [0.1, 0.15) is 28.3 Å². The molecule has 1 heterocycles. The molecule has 0 spiro atoms. The minimum Gasteiger partial charge on any atom is -0.493 e. The standard InChI is InChI=1S/C21H22N2O5S/c1-13(20-22-15-9-5-6-11-17(15)29-20)23(2)18(24)12-28-21(25)14-8-7-10-16(26-3)19(14)27-4/h5-11,13H,12H2,1-4H3/t13-/m0/s1. The van der Waals surface area contributed by atoms with Crippen molar-refractivity contribution in [2.45, 2.75) is 13.0 Å². The van der Waals surface area contributed by atoms with Crippen molar-refractivity contribution in [1.82, 2.24) is 9.88 Å². The van der Waals surface area contributed by atoms with E-state index < -0.39 is 5.97 Å². The highest BCUT2D eigenvalue weighted by Crippen LogP contribution is 2.31. The number of para-hydroxylation sites is 2. The lowest BCUT2D eigenvalue weighted by Crippen LogP contribution is -2.33. The van der Waals surface area contributed by atoms with Crippen LogP contribution < -0.4 is 9.47 Å². The first kappa shape index (κ1) is 20.6. The van der Waals surface area contributed by atoms with Crippen LogP contribution in [0.4, 0.5) is 0 Å². The molecule has 0 fully saturated rings. The Bertz CT molecular complexity index is 1000. The van der Waals surface area contributed by atoms with Crippen molar-refractivity contribution in [3.63, 3.8) is 0 Å². The van der Waals surface area contributed by atoms with Gasteiger partial charge in [-0.15, -0.1) is 11.3 Å². The summed E-state index contributed by atoms with van der Waals surface area (Å²) in [7, 11) is 4.58. The lowest BCUT2D eigenvalue weighted by molar-refractivity contribution is -0.135. The van der Waals surface area contributed by atoms with Crippen LogP contribution in [-0.2, 0) is 9.53 Å². The van der Waals surface area contributed by atoms with Crippen molar-refractivity contribution in [1.29, 1.82) is 0 Å². The van der Waals surface area contributed by atoms with Gasteiger partial charge in [0.05, 0.1) is 30.5 Å². The van der Waals surface area contributed by atoms with Gasteiger partial charge in [-0.25, -0.2) is 9.78 Å². The number of likely N-dealkylation sites (N-methyl/N-ethyl adjacent to an activating group) is 1. The molecule has 3 rings (SSSR count). The minimum atomic E-state index is -0.657. The van der Waals surface area contributed by atoms with Gasteiger partial charge in [-0.2, -0.15) is 0 Å². The summed E-state index contributed by atoms with van der Waals surface area (Å²) in [6.45, 7) is 1.51. The van der Waals surface area contributed by atoms with Crippen molar-refractivity contribution in [2.24, 2.45) is 0 Å². The number of thiazole rings is 1. The lowest BCUT2D eigenvalue weighted by Gasteiger charge is -2.23. The number of carbonyl (C=O) groups excluding carboxylic acids is 2. The maximum absolute atomic E-state index is 12.6. The molecule has 0 radical (unpaired) electrons. The van der Waals surface area contributed by atoms with E-state index in [1.807, 2.05) is 31.2 Å². The Balaban J connectivity index is 1.66. The monoisotopic (exact) mass is 414 g/mol. The maximum Gasteiger partial charge on any atom is 0.342 e. The first-order chi connectivity index (χ1) is 14.0. The molecule has 2 aromatic carbocycles. The number of carbonyl (C=O) groups is 2. The fourth-order valence-electron chi connectivity index (χ4n) is 2.81. The summed E-state index contributed by atoms with van der Waals surface area (Å²) >= 11 is 1.54. The second-order valence-electron chi connectivity index (χ2n) is 6.32. The van der Waals surface area contributed by atoms with E-state index in [0.717, 1.165) is 15.2 Å². The van der Waals surface area contributed by atoms with Crippen molar-refractivity contribution in [3.05, 3.63) is 53.0 Å². The summed E-state index contributed by atoms with van der Waals surface area (Å²) in [5.41, 5.74) is 1.10. The summed E-state index contributed by atoms with van der Waals surface area (Å²) in [5.74, 6) is -0.305. The Morgan fingerprint density at radius 3 is 2.55 bits per heavy atom. The third-order valence-corrected chi connectivity index (χ3v) is 5.80. The Morgan fingerprint density at radius 1 is 1.10 bits per heavy atom. The summed E-state index contributed by atoms with van der Waals surface area (Å²) < 4.78 is 16.7. The van der Waals surface area contributed by atoms with Gasteiger partial charge in [-0.1, -0.05) is 18.2 Å². The van der Waals surface area contributed by atoms with Crippen LogP contribution in [0.15, 0.2) is 42.5 Å². The van der Waals surface area contributed by atoms with Gasteiger partial charge < -0.3 is 19.1 Å². The van der Waals surface area contributed by atoms with E-state index in [1.54, 1.807) is 25.2 Å². The molecule has 0 saturated carbocycles. The fourth-order valence-corrected chi connectivity index (χ4v) is 3.87. The van der Waals surface area contributed by atoms with Crippen LogP contribution in [0.2, 0.25) is 0 Å². The predicted octanol–water partition coefficient (Wildman–Crippen LogP) is 3.69. The number of fused-ring (bicyclic) bond motifs is 1. The molecule has 0 aliphatic rings. The molecule has 0 N–H and O–H groups in total. The van der Waals surface area contributed by atoms with Crippen LogP contribution in [0.25, 0.3) is 10.2 Å². The lowest BCUT2D eigenvalue weighted by atomic mass is 10.2. The van der Waals surface area contributed by atoms with E-state index >= 15 is 0 Å². The summed E-state index contributed by atoms with van der Waals surface area (Å²) in [4.78, 5) is 31.1. The van der Waals surface area contributed by atoms with E-state index in [9.17, 15) is 9.59 Å². The number of amides is 1. The average Bonchev–Trinajstić information content (AvgIpc) is 3.19. The Labute approximate surface area is 172 Å². The van der Waals surface area contributed by atoms with Crippen LogP contribution >= 0.6 is 11.3 Å². The molecule has 1 amide bonds. The first-order valence-electron chi connectivity index (χ1n) is 8.95. The SMILES string of the molecule is COc1cccc(C(=O)OCC(=O)N(C)[C@@H](C)c2nc3ccccc3s2)c1OC. The largest absolute Gasteiger partial charge is 0.493 e. The van der Waals surface area contributed by atoms with Crippen molar-refractivity contribution < 1.29 is 23.8 Å². The highest BCUT2D eigenvalue weighted by atomic mass is 32.1. The molecule has 3 aromatic rings. The molecule has 0 unspecified atom stereocenters. The molecular weight excluding hydrogens is 392 g/mol. The number of hydrogen-bond donors (Lipinski definition) is 0. The molecule has 0 saturated heterocycles. The van der Waals surface area contributed by atoms with Gasteiger partial charge in [0.2, 0.25) is 0 Å². The van der Waals surface area contributed by atoms with Crippen LogP contribution in [0.3, 0.4) is 0 Å². The quantitative estimate of drug-likeness (QED) is 0.549. The van der Waals surface area contributed by atoms with Gasteiger partial charge >= 0.3 is 5.97 Å². The Kier molecular flexibility index (Phi) is 6.33. The third kappa shape index (κ3) is 4.32. The molecule has 0 aliphatic heterocycles. The van der Waals surface area contributed by atoms with Gasteiger partial charge in [0, 0.05) is 7.05 Å². The first-order valence-corrected chi connectivity index (χ1v) is 9.77. The summed E-state index contributed by atoms with van der Waals surface area (Å²) in [6.07, 6.45) is 0. The topological polar surface area (TPSA) is 78.0 Å². The van der Waals surface area contributed by atoms with E-state index in [1.165, 1.54) is 30.5 Å². The van der Waals surface area contributed by atoms with E-state index in [2.05, 4.69) is 4.98 Å². The molecule has 0 aliphatic carbocycles. The molecule has 7 nitrogen and oxygen atoms in total. The molecule has 152 valence electrons. The number of ether oxygens (including phenoxy) is 3. The van der Waals surface area contributed by atoms with Crippen LogP contribution in [-0.4, -0.2) is 49.6 Å².